The Morgan fingerprint density at radius 3 is 2.62 bits per heavy atom. The van der Waals surface area contributed by atoms with Gasteiger partial charge < -0.3 is 10.0 Å². The molecule has 0 bridgehead atoms. The van der Waals surface area contributed by atoms with Crippen molar-refractivity contribution in [2.45, 2.75) is 25.3 Å². The van der Waals surface area contributed by atoms with Crippen molar-refractivity contribution in [2.24, 2.45) is 5.92 Å². The van der Waals surface area contributed by atoms with Crippen molar-refractivity contribution in [3.05, 3.63) is 98.7 Å². The van der Waals surface area contributed by atoms with E-state index in [0.29, 0.717) is 18.5 Å². The zero-order valence-corrected chi connectivity index (χ0v) is 17.6. The molecule has 0 saturated heterocycles. The van der Waals surface area contributed by atoms with Crippen LogP contribution in [-0.4, -0.2) is 33.8 Å². The molecule has 1 aromatic heterocycles. The predicted octanol–water partition coefficient (Wildman–Crippen LogP) is 2.74. The highest BCUT2D eigenvalue weighted by molar-refractivity contribution is 5.96. The SMILES string of the molecule is CCN1CN(C23c4ccccc4CC2Cc2cccc(F)c23)n2ccc(=O)c(O)c2C1=O. The van der Waals surface area contributed by atoms with Gasteiger partial charge in [-0.15, -0.1) is 0 Å². The summed E-state index contributed by atoms with van der Waals surface area (Å²) in [5.41, 5.74) is 2.18. The van der Waals surface area contributed by atoms with Gasteiger partial charge in [0.15, 0.2) is 11.4 Å². The Bertz CT molecular complexity index is 1350. The minimum atomic E-state index is -0.859. The molecule has 3 aliphatic rings. The van der Waals surface area contributed by atoms with Crippen LogP contribution in [-0.2, 0) is 18.4 Å². The molecule has 1 N–H and O–H groups in total. The number of benzene rings is 2. The van der Waals surface area contributed by atoms with Crippen molar-refractivity contribution in [3.63, 3.8) is 0 Å². The fourth-order valence-corrected chi connectivity index (χ4v) is 6.06. The second-order valence-corrected chi connectivity index (χ2v) is 8.73. The standard InChI is InChI=1S/C25H22FN3O3/c1-2-27-14-29(28-11-10-20(30)23(31)22(28)24(27)32)25-17(12-15-6-3-4-8-18(15)25)13-16-7-5-9-19(26)21(16)25/h3-11,17,31H,2,12-14H2,1H3. The van der Waals surface area contributed by atoms with Crippen molar-refractivity contribution >= 4 is 5.91 Å². The van der Waals surface area contributed by atoms with E-state index in [2.05, 4.69) is 6.07 Å². The fraction of sp³-hybridized carbons (Fsp3) is 0.280. The van der Waals surface area contributed by atoms with Gasteiger partial charge in [0.2, 0.25) is 5.43 Å². The molecule has 2 unspecified atom stereocenters. The number of rotatable bonds is 2. The van der Waals surface area contributed by atoms with Crippen molar-refractivity contribution in [1.82, 2.24) is 9.58 Å². The molecule has 0 saturated carbocycles. The quantitative estimate of drug-likeness (QED) is 0.678. The Balaban J connectivity index is 1.72. The maximum atomic E-state index is 15.6. The molecule has 6 nitrogen and oxygen atoms in total. The van der Waals surface area contributed by atoms with E-state index in [1.165, 1.54) is 18.3 Å². The molecule has 162 valence electrons. The lowest BCUT2D eigenvalue weighted by molar-refractivity contribution is 0.0657. The topological polar surface area (TPSA) is 65.8 Å². The molecule has 0 fully saturated rings. The van der Waals surface area contributed by atoms with Gasteiger partial charge in [0.05, 0.1) is 0 Å². The number of hydrogen-bond acceptors (Lipinski definition) is 4. The fourth-order valence-electron chi connectivity index (χ4n) is 6.06. The number of carbonyl (C=O) groups excluding carboxylic acids is 1. The Morgan fingerprint density at radius 1 is 1.06 bits per heavy atom. The molecule has 2 atom stereocenters. The normalized spacial score (nSPS) is 23.1. The first-order valence-corrected chi connectivity index (χ1v) is 10.9. The maximum Gasteiger partial charge on any atom is 0.277 e. The second-order valence-electron chi connectivity index (χ2n) is 8.73. The minimum Gasteiger partial charge on any atom is -0.502 e. The van der Waals surface area contributed by atoms with Gasteiger partial charge in [0.25, 0.3) is 5.91 Å². The average molecular weight is 431 g/mol. The highest BCUT2D eigenvalue weighted by Crippen LogP contribution is 2.57. The van der Waals surface area contributed by atoms with Crippen LogP contribution in [0, 0.1) is 11.7 Å². The molecule has 6 rings (SSSR count). The zero-order valence-electron chi connectivity index (χ0n) is 17.6. The third-order valence-electron chi connectivity index (χ3n) is 7.33. The molecule has 7 heteroatoms. The summed E-state index contributed by atoms with van der Waals surface area (Å²) in [6, 6.07) is 14.5. The number of halogens is 1. The van der Waals surface area contributed by atoms with Crippen LogP contribution >= 0.6 is 0 Å². The lowest BCUT2D eigenvalue weighted by Gasteiger charge is -2.50. The maximum absolute atomic E-state index is 15.6. The van der Waals surface area contributed by atoms with Gasteiger partial charge >= 0.3 is 0 Å². The van der Waals surface area contributed by atoms with Crippen LogP contribution in [0.2, 0.25) is 0 Å². The van der Waals surface area contributed by atoms with Gasteiger partial charge in [-0.25, -0.2) is 4.39 Å². The number of hydrogen-bond donors (Lipinski definition) is 1. The molecular weight excluding hydrogens is 409 g/mol. The molecule has 0 spiro atoms. The first-order chi connectivity index (χ1) is 15.5. The van der Waals surface area contributed by atoms with Gasteiger partial charge in [-0.2, -0.15) is 0 Å². The lowest BCUT2D eigenvalue weighted by Crippen LogP contribution is -2.63. The van der Waals surface area contributed by atoms with Crippen LogP contribution in [0.5, 0.6) is 5.75 Å². The van der Waals surface area contributed by atoms with E-state index in [1.54, 1.807) is 15.6 Å². The summed E-state index contributed by atoms with van der Waals surface area (Å²) < 4.78 is 17.2. The van der Waals surface area contributed by atoms with Crippen molar-refractivity contribution < 1.29 is 14.3 Å². The van der Waals surface area contributed by atoms with Gasteiger partial charge in [-0.05, 0) is 42.5 Å². The average Bonchev–Trinajstić information content (AvgIpc) is 3.28. The summed E-state index contributed by atoms with van der Waals surface area (Å²) in [5.74, 6) is -1.22. The Kier molecular flexibility index (Phi) is 3.85. The first-order valence-electron chi connectivity index (χ1n) is 10.9. The first kappa shape index (κ1) is 19.1. The van der Waals surface area contributed by atoms with Crippen LogP contribution < -0.4 is 10.4 Å². The summed E-state index contributed by atoms with van der Waals surface area (Å²) >= 11 is 0. The van der Waals surface area contributed by atoms with E-state index in [0.717, 1.165) is 23.1 Å². The summed E-state index contributed by atoms with van der Waals surface area (Å²) in [6.07, 6.45) is 3.01. The minimum absolute atomic E-state index is 0.0492. The molecular formula is C25H22FN3O3. The second kappa shape index (κ2) is 6.45. The predicted molar refractivity (Wildman–Crippen MR) is 117 cm³/mol. The van der Waals surface area contributed by atoms with Crippen LogP contribution in [0.25, 0.3) is 0 Å². The van der Waals surface area contributed by atoms with E-state index in [1.807, 2.05) is 36.2 Å². The largest absolute Gasteiger partial charge is 0.502 e. The van der Waals surface area contributed by atoms with Gasteiger partial charge in [-0.3, -0.25) is 19.3 Å². The summed E-state index contributed by atoms with van der Waals surface area (Å²) in [5, 5.41) is 12.6. The third-order valence-corrected chi connectivity index (χ3v) is 7.33. The van der Waals surface area contributed by atoms with Crippen molar-refractivity contribution in [1.29, 1.82) is 0 Å². The molecule has 1 aliphatic heterocycles. The van der Waals surface area contributed by atoms with Crippen LogP contribution in [0.15, 0.2) is 59.5 Å². The third kappa shape index (κ3) is 2.18. The lowest BCUT2D eigenvalue weighted by atomic mass is 9.81. The molecule has 0 radical (unpaired) electrons. The number of fused-ring (bicyclic) bond motifs is 6. The van der Waals surface area contributed by atoms with E-state index < -0.39 is 22.6 Å². The Hall–Kier alpha value is -3.61. The number of carbonyl (C=O) groups is 1. The summed E-state index contributed by atoms with van der Waals surface area (Å²) in [6.45, 7) is 2.46. The Labute approximate surface area is 184 Å². The molecule has 32 heavy (non-hydrogen) atoms. The van der Waals surface area contributed by atoms with Gasteiger partial charge in [0.1, 0.15) is 18.0 Å². The number of pyridine rings is 1. The number of aromatic nitrogens is 1. The number of nitrogens with zero attached hydrogens (tertiary/aromatic N) is 3. The van der Waals surface area contributed by atoms with E-state index in [9.17, 15) is 14.7 Å². The molecule has 2 heterocycles. The molecule has 3 aromatic rings. The van der Waals surface area contributed by atoms with Gasteiger partial charge in [-0.1, -0.05) is 36.4 Å². The molecule has 1 amide bonds. The van der Waals surface area contributed by atoms with E-state index >= 15 is 4.39 Å². The van der Waals surface area contributed by atoms with E-state index in [4.69, 9.17) is 0 Å². The van der Waals surface area contributed by atoms with Crippen molar-refractivity contribution in [3.8, 4) is 5.75 Å². The Morgan fingerprint density at radius 2 is 1.81 bits per heavy atom. The number of aromatic hydroxyl groups is 1. The monoisotopic (exact) mass is 431 g/mol. The summed E-state index contributed by atoms with van der Waals surface area (Å²) in [4.78, 5) is 26.9. The highest BCUT2D eigenvalue weighted by atomic mass is 19.1. The van der Waals surface area contributed by atoms with Crippen molar-refractivity contribution in [2.75, 3.05) is 18.2 Å². The highest BCUT2D eigenvalue weighted by Gasteiger charge is 2.59. The zero-order chi connectivity index (χ0) is 22.2. The van der Waals surface area contributed by atoms with E-state index in [-0.39, 0.29) is 24.1 Å². The molecule has 2 aromatic carbocycles. The molecule has 2 aliphatic carbocycles. The van der Waals surface area contributed by atoms with Crippen LogP contribution in [0.1, 0.15) is 39.7 Å². The van der Waals surface area contributed by atoms with Crippen LogP contribution in [0.4, 0.5) is 4.39 Å². The van der Waals surface area contributed by atoms with Gasteiger partial charge in [0, 0.05) is 30.3 Å². The van der Waals surface area contributed by atoms with Crippen LogP contribution in [0.3, 0.4) is 0 Å². The summed E-state index contributed by atoms with van der Waals surface area (Å²) in [7, 11) is 0. The smallest absolute Gasteiger partial charge is 0.277 e. The number of amides is 1.